The molecule has 4 nitrogen and oxygen atoms in total. The van der Waals surface area contributed by atoms with E-state index in [4.69, 9.17) is 10.5 Å². The molecule has 6 N–H and O–H groups in total. The minimum absolute atomic E-state index is 0. The lowest BCUT2D eigenvalue weighted by Crippen LogP contribution is -2.35. The molecule has 0 spiro atoms. The molecule has 1 aliphatic heterocycles. The van der Waals surface area contributed by atoms with Crippen molar-refractivity contribution in [2.24, 2.45) is 5.73 Å². The van der Waals surface area contributed by atoms with Gasteiger partial charge in [0.2, 0.25) is 0 Å². The third kappa shape index (κ3) is 6.00. The van der Waals surface area contributed by atoms with Crippen LogP contribution in [0, 0.1) is 0 Å². The summed E-state index contributed by atoms with van der Waals surface area (Å²) in [7, 11) is 0. The molecule has 0 aromatic carbocycles. The van der Waals surface area contributed by atoms with Crippen molar-refractivity contribution in [3.05, 3.63) is 12.4 Å². The van der Waals surface area contributed by atoms with Crippen molar-refractivity contribution in [2.45, 2.75) is 26.4 Å². The first-order valence-electron chi connectivity index (χ1n) is 4.15. The molecule has 0 aromatic rings. The Morgan fingerprint density at radius 2 is 2.17 bits per heavy atom. The molecule has 0 aromatic heterocycles. The van der Waals surface area contributed by atoms with Crippen LogP contribution in [-0.2, 0) is 4.74 Å². The maximum atomic E-state index is 5.14. The average Bonchev–Trinajstić information content (AvgIpc) is 1.99. The summed E-state index contributed by atoms with van der Waals surface area (Å²) < 4.78 is 5.14. The zero-order chi connectivity index (χ0) is 8.53. The molecule has 1 rings (SSSR count). The molecule has 1 saturated heterocycles. The van der Waals surface area contributed by atoms with E-state index in [9.17, 15) is 0 Å². The van der Waals surface area contributed by atoms with Crippen LogP contribution in [0.5, 0.6) is 0 Å². The van der Waals surface area contributed by atoms with Crippen LogP contribution in [-0.4, -0.2) is 19.3 Å². The zero-order valence-corrected chi connectivity index (χ0v) is 8.05. The van der Waals surface area contributed by atoms with Crippen molar-refractivity contribution >= 4 is 0 Å². The standard InChI is InChI=1S/C6H12N2O.C2H6.H3N/c7-2-3-8-5-6-1-4-9-6;1-2;/h2-3,6,8H,1,4-5,7H2;1-2H3;1H3/b3-2-;;. The summed E-state index contributed by atoms with van der Waals surface area (Å²) in [4.78, 5) is 0. The topological polar surface area (TPSA) is 82.3 Å². The number of rotatable bonds is 3. The van der Waals surface area contributed by atoms with E-state index in [0.717, 1.165) is 13.2 Å². The second-order valence-corrected chi connectivity index (χ2v) is 2.05. The molecule has 0 radical (unpaired) electrons. The van der Waals surface area contributed by atoms with E-state index >= 15 is 0 Å². The largest absolute Gasteiger partial charge is 0.403 e. The zero-order valence-electron chi connectivity index (χ0n) is 8.05. The summed E-state index contributed by atoms with van der Waals surface area (Å²) in [6.45, 7) is 5.80. The molecular weight excluding hydrogens is 154 g/mol. The van der Waals surface area contributed by atoms with Gasteiger partial charge in [-0.25, -0.2) is 0 Å². The Morgan fingerprint density at radius 1 is 1.58 bits per heavy atom. The SMILES string of the molecule is CC.N.N/C=C\NCC1CCO1. The monoisotopic (exact) mass is 175 g/mol. The molecule has 12 heavy (non-hydrogen) atoms. The fourth-order valence-electron chi connectivity index (χ4n) is 0.713. The number of ether oxygens (including phenoxy) is 1. The Labute approximate surface area is 74.7 Å². The van der Waals surface area contributed by atoms with Gasteiger partial charge in [0.15, 0.2) is 0 Å². The predicted molar refractivity (Wildman–Crippen MR) is 52.1 cm³/mol. The third-order valence-electron chi connectivity index (χ3n) is 1.35. The van der Waals surface area contributed by atoms with E-state index in [1.165, 1.54) is 12.6 Å². The molecule has 1 atom stereocenters. The molecule has 0 aliphatic carbocycles. The van der Waals surface area contributed by atoms with Crippen LogP contribution >= 0.6 is 0 Å². The fourth-order valence-corrected chi connectivity index (χ4v) is 0.713. The van der Waals surface area contributed by atoms with E-state index in [0.29, 0.717) is 6.10 Å². The fraction of sp³-hybridized carbons (Fsp3) is 0.750. The van der Waals surface area contributed by atoms with Crippen molar-refractivity contribution in [3.8, 4) is 0 Å². The Bertz CT molecular complexity index is 102. The lowest BCUT2D eigenvalue weighted by atomic mass is 10.2. The first-order chi connectivity index (χ1) is 5.43. The maximum absolute atomic E-state index is 5.14. The van der Waals surface area contributed by atoms with Crippen molar-refractivity contribution in [1.82, 2.24) is 11.5 Å². The molecule has 1 fully saturated rings. The van der Waals surface area contributed by atoms with Crippen LogP contribution in [0.4, 0.5) is 0 Å². The van der Waals surface area contributed by atoms with E-state index < -0.39 is 0 Å². The van der Waals surface area contributed by atoms with Gasteiger partial charge >= 0.3 is 0 Å². The van der Waals surface area contributed by atoms with Gasteiger partial charge in [0.25, 0.3) is 0 Å². The molecule has 0 bridgehead atoms. The number of nitrogens with one attached hydrogen (secondary N) is 1. The van der Waals surface area contributed by atoms with Gasteiger partial charge in [0.05, 0.1) is 6.10 Å². The van der Waals surface area contributed by atoms with Crippen molar-refractivity contribution in [2.75, 3.05) is 13.2 Å². The van der Waals surface area contributed by atoms with Crippen molar-refractivity contribution in [3.63, 3.8) is 0 Å². The molecule has 4 heteroatoms. The third-order valence-corrected chi connectivity index (χ3v) is 1.35. The normalized spacial score (nSPS) is 20.0. The molecule has 0 saturated carbocycles. The Hall–Kier alpha value is -0.740. The maximum Gasteiger partial charge on any atom is 0.0769 e. The second-order valence-electron chi connectivity index (χ2n) is 2.05. The smallest absolute Gasteiger partial charge is 0.0769 e. The van der Waals surface area contributed by atoms with Crippen molar-refractivity contribution < 1.29 is 4.74 Å². The van der Waals surface area contributed by atoms with E-state index in [1.807, 2.05) is 13.8 Å². The quantitative estimate of drug-likeness (QED) is 0.597. The summed E-state index contributed by atoms with van der Waals surface area (Å²) in [5, 5.41) is 3.01. The number of hydrogen-bond donors (Lipinski definition) is 3. The summed E-state index contributed by atoms with van der Waals surface area (Å²) in [6, 6.07) is 0. The summed E-state index contributed by atoms with van der Waals surface area (Å²) in [6.07, 6.45) is 4.80. The van der Waals surface area contributed by atoms with Gasteiger partial charge in [0.1, 0.15) is 0 Å². The lowest BCUT2D eigenvalue weighted by molar-refractivity contribution is -0.0466. The number of nitrogens with two attached hydrogens (primary N) is 1. The first kappa shape index (κ1) is 13.8. The van der Waals surface area contributed by atoms with Crippen LogP contribution in [0.1, 0.15) is 20.3 Å². The Morgan fingerprint density at radius 3 is 2.50 bits per heavy atom. The molecule has 1 aliphatic rings. The molecule has 1 heterocycles. The minimum atomic E-state index is 0. The average molecular weight is 175 g/mol. The van der Waals surface area contributed by atoms with Crippen LogP contribution < -0.4 is 17.2 Å². The highest BCUT2D eigenvalue weighted by molar-refractivity contribution is 4.77. The predicted octanol–water partition coefficient (Wildman–Crippen LogP) is 0.983. The van der Waals surface area contributed by atoms with Crippen molar-refractivity contribution in [1.29, 1.82) is 0 Å². The second kappa shape index (κ2) is 10.3. The van der Waals surface area contributed by atoms with Gasteiger partial charge < -0.3 is 21.9 Å². The van der Waals surface area contributed by atoms with E-state index in [1.54, 1.807) is 6.20 Å². The van der Waals surface area contributed by atoms with Crippen LogP contribution in [0.25, 0.3) is 0 Å². The van der Waals surface area contributed by atoms with Gasteiger partial charge in [-0.3, -0.25) is 0 Å². The first-order valence-corrected chi connectivity index (χ1v) is 4.15. The van der Waals surface area contributed by atoms with Crippen LogP contribution in [0.15, 0.2) is 12.4 Å². The summed E-state index contributed by atoms with van der Waals surface area (Å²) >= 11 is 0. The molecule has 1 unspecified atom stereocenters. The van der Waals surface area contributed by atoms with Gasteiger partial charge in [-0.2, -0.15) is 0 Å². The molecule has 0 amide bonds. The molecular formula is C8H21N3O. The van der Waals surface area contributed by atoms with Gasteiger partial charge in [-0.1, -0.05) is 13.8 Å². The van der Waals surface area contributed by atoms with Crippen LogP contribution in [0.2, 0.25) is 0 Å². The Kier molecular flexibility index (Phi) is 11.8. The van der Waals surface area contributed by atoms with Crippen LogP contribution in [0.3, 0.4) is 0 Å². The summed E-state index contributed by atoms with van der Waals surface area (Å²) in [5.41, 5.74) is 5.09. The van der Waals surface area contributed by atoms with E-state index in [-0.39, 0.29) is 6.15 Å². The van der Waals surface area contributed by atoms with Gasteiger partial charge in [-0.05, 0) is 6.42 Å². The summed E-state index contributed by atoms with van der Waals surface area (Å²) in [5.74, 6) is 0. The highest BCUT2D eigenvalue weighted by Gasteiger charge is 2.16. The molecule has 74 valence electrons. The van der Waals surface area contributed by atoms with E-state index in [2.05, 4.69) is 5.32 Å². The Balaban J connectivity index is 0. The highest BCUT2D eigenvalue weighted by atomic mass is 16.5. The highest BCUT2D eigenvalue weighted by Crippen LogP contribution is 2.08. The van der Waals surface area contributed by atoms with Gasteiger partial charge in [-0.15, -0.1) is 0 Å². The number of hydrogen-bond acceptors (Lipinski definition) is 4. The lowest BCUT2D eigenvalue weighted by Gasteiger charge is -2.25. The van der Waals surface area contributed by atoms with Gasteiger partial charge in [0, 0.05) is 25.6 Å². The minimum Gasteiger partial charge on any atom is -0.403 e.